The van der Waals surface area contributed by atoms with Gasteiger partial charge in [-0.25, -0.2) is 0 Å². The molecule has 5 atom stereocenters. The molecule has 1 saturated heterocycles. The standard InChI is InChI=1S/C23H23N5O7/c1-2-10-24-22(33)14-8-9-15(28-26-21(25-27-28)13-6-4-3-5-7-13)16(11-14)34-23-20(32)19(31)18(30)17(12-29)35-23/h1,3-9,11,17-20,23,29-32H,10,12H2,(H,24,33)/t17-,18-,19+,20-,23-/m1/s1. The molecule has 0 saturated carbocycles. The third-order valence-electron chi connectivity index (χ3n) is 5.33. The van der Waals surface area contributed by atoms with Crippen LogP contribution in [0.1, 0.15) is 10.4 Å². The van der Waals surface area contributed by atoms with Gasteiger partial charge >= 0.3 is 0 Å². The number of nitrogens with one attached hydrogen (secondary N) is 1. The number of amides is 1. The van der Waals surface area contributed by atoms with E-state index in [4.69, 9.17) is 15.9 Å². The minimum Gasteiger partial charge on any atom is -0.460 e. The number of hydrogen-bond acceptors (Lipinski definition) is 10. The van der Waals surface area contributed by atoms with Gasteiger partial charge in [0, 0.05) is 11.1 Å². The second-order valence-electron chi connectivity index (χ2n) is 7.65. The van der Waals surface area contributed by atoms with Crippen molar-refractivity contribution in [1.29, 1.82) is 0 Å². The Kier molecular flexibility index (Phi) is 7.35. The summed E-state index contributed by atoms with van der Waals surface area (Å²) in [5.41, 5.74) is 1.14. The molecular weight excluding hydrogens is 458 g/mol. The van der Waals surface area contributed by atoms with Gasteiger partial charge in [-0.05, 0) is 23.4 Å². The zero-order valence-electron chi connectivity index (χ0n) is 18.3. The van der Waals surface area contributed by atoms with Crippen molar-refractivity contribution in [2.24, 2.45) is 0 Å². The van der Waals surface area contributed by atoms with Crippen molar-refractivity contribution in [3.63, 3.8) is 0 Å². The maximum atomic E-state index is 12.4. The molecule has 5 N–H and O–H groups in total. The third kappa shape index (κ3) is 5.14. The van der Waals surface area contributed by atoms with Gasteiger partial charge in [0.15, 0.2) is 5.75 Å². The predicted molar refractivity (Wildman–Crippen MR) is 120 cm³/mol. The molecule has 12 nitrogen and oxygen atoms in total. The molecule has 3 aromatic rings. The smallest absolute Gasteiger partial charge is 0.252 e. The molecule has 0 bridgehead atoms. The zero-order valence-corrected chi connectivity index (χ0v) is 18.3. The average Bonchev–Trinajstić information content (AvgIpc) is 3.38. The van der Waals surface area contributed by atoms with Crippen molar-refractivity contribution in [3.8, 4) is 35.2 Å². The van der Waals surface area contributed by atoms with Gasteiger partial charge in [-0.15, -0.1) is 21.4 Å². The average molecular weight is 481 g/mol. The van der Waals surface area contributed by atoms with Gasteiger partial charge in [0.05, 0.1) is 13.2 Å². The number of nitrogens with zero attached hydrogens (tertiary/aromatic N) is 4. The van der Waals surface area contributed by atoms with E-state index in [9.17, 15) is 25.2 Å². The Balaban J connectivity index is 1.70. The quantitative estimate of drug-likeness (QED) is 0.260. The van der Waals surface area contributed by atoms with Gasteiger partial charge in [0.1, 0.15) is 30.1 Å². The summed E-state index contributed by atoms with van der Waals surface area (Å²) in [4.78, 5) is 13.6. The fourth-order valence-electron chi connectivity index (χ4n) is 3.46. The highest BCUT2D eigenvalue weighted by atomic mass is 16.7. The highest BCUT2D eigenvalue weighted by molar-refractivity contribution is 5.95. The van der Waals surface area contributed by atoms with Crippen LogP contribution in [0.25, 0.3) is 17.1 Å². The summed E-state index contributed by atoms with van der Waals surface area (Å²) in [5, 5.41) is 55.0. The van der Waals surface area contributed by atoms with Gasteiger partial charge in [-0.3, -0.25) is 4.79 Å². The van der Waals surface area contributed by atoms with Crippen LogP contribution in [-0.2, 0) is 4.74 Å². The van der Waals surface area contributed by atoms with E-state index >= 15 is 0 Å². The topological polar surface area (TPSA) is 172 Å². The van der Waals surface area contributed by atoms with Gasteiger partial charge < -0.3 is 35.2 Å². The van der Waals surface area contributed by atoms with Crippen LogP contribution < -0.4 is 10.1 Å². The van der Waals surface area contributed by atoms with Crippen molar-refractivity contribution >= 4 is 5.91 Å². The minimum atomic E-state index is -1.66. The van der Waals surface area contributed by atoms with Crippen LogP contribution in [-0.4, -0.2) is 90.4 Å². The second-order valence-corrected chi connectivity index (χ2v) is 7.65. The molecule has 2 heterocycles. The van der Waals surface area contributed by atoms with E-state index in [1.807, 2.05) is 30.3 Å². The van der Waals surface area contributed by atoms with Crippen molar-refractivity contribution in [2.75, 3.05) is 13.2 Å². The first kappa shape index (κ1) is 24.3. The fraction of sp³-hybridized carbons (Fsp3) is 0.304. The fourth-order valence-corrected chi connectivity index (χ4v) is 3.46. The number of benzene rings is 2. The lowest BCUT2D eigenvalue weighted by Crippen LogP contribution is -2.60. The Hall–Kier alpha value is -3.86. The monoisotopic (exact) mass is 481 g/mol. The molecule has 35 heavy (non-hydrogen) atoms. The van der Waals surface area contributed by atoms with E-state index in [2.05, 4.69) is 26.6 Å². The number of rotatable bonds is 7. The molecule has 182 valence electrons. The lowest BCUT2D eigenvalue weighted by Gasteiger charge is -2.39. The second kappa shape index (κ2) is 10.6. The van der Waals surface area contributed by atoms with Crippen molar-refractivity contribution in [1.82, 2.24) is 25.5 Å². The van der Waals surface area contributed by atoms with Crippen LogP contribution in [0.15, 0.2) is 48.5 Å². The SMILES string of the molecule is C#CCNC(=O)c1ccc(-n2nnc(-c3ccccc3)n2)c(O[C@@H]2O[C@H](CO)[C@@H](O)[C@H](O)[C@H]2O)c1. The first-order valence-corrected chi connectivity index (χ1v) is 10.6. The maximum Gasteiger partial charge on any atom is 0.252 e. The van der Waals surface area contributed by atoms with Crippen LogP contribution in [0.3, 0.4) is 0 Å². The summed E-state index contributed by atoms with van der Waals surface area (Å²) >= 11 is 0. The molecule has 1 aliphatic rings. The number of aromatic nitrogens is 4. The van der Waals surface area contributed by atoms with Gasteiger partial charge in [-0.2, -0.15) is 0 Å². The lowest BCUT2D eigenvalue weighted by molar-refractivity contribution is -0.277. The highest BCUT2D eigenvalue weighted by Crippen LogP contribution is 2.29. The highest BCUT2D eigenvalue weighted by Gasteiger charge is 2.45. The number of tetrazole rings is 1. The molecule has 4 rings (SSSR count). The summed E-state index contributed by atoms with van der Waals surface area (Å²) in [6.07, 6.45) is -2.34. The van der Waals surface area contributed by atoms with E-state index in [0.29, 0.717) is 5.82 Å². The first-order valence-electron chi connectivity index (χ1n) is 10.6. The third-order valence-corrected chi connectivity index (χ3v) is 5.33. The van der Waals surface area contributed by atoms with Gasteiger partial charge in [0.2, 0.25) is 12.1 Å². The van der Waals surface area contributed by atoms with Gasteiger partial charge in [0.25, 0.3) is 5.91 Å². The normalized spacial score (nSPS) is 23.9. The Morgan fingerprint density at radius 3 is 2.63 bits per heavy atom. The number of aliphatic hydroxyl groups excluding tert-OH is 4. The van der Waals surface area contributed by atoms with Crippen molar-refractivity contribution in [2.45, 2.75) is 30.7 Å². The Morgan fingerprint density at radius 2 is 1.91 bits per heavy atom. The number of carbonyl (C=O) groups excluding carboxylic acids is 1. The van der Waals surface area contributed by atoms with E-state index in [-0.39, 0.29) is 23.5 Å². The van der Waals surface area contributed by atoms with Crippen molar-refractivity contribution < 1.29 is 34.7 Å². The molecule has 0 spiro atoms. The molecule has 0 unspecified atom stereocenters. The molecule has 1 fully saturated rings. The molecule has 0 radical (unpaired) electrons. The predicted octanol–water partition coefficient (Wildman–Crippen LogP) is -1.13. The first-order chi connectivity index (χ1) is 16.9. The summed E-state index contributed by atoms with van der Waals surface area (Å²) in [5.74, 6) is 2.16. The van der Waals surface area contributed by atoms with Crippen LogP contribution in [0, 0.1) is 12.3 Å². The number of hydrogen-bond donors (Lipinski definition) is 5. The van der Waals surface area contributed by atoms with Crippen LogP contribution in [0.4, 0.5) is 0 Å². The van der Waals surface area contributed by atoms with Crippen LogP contribution >= 0.6 is 0 Å². The summed E-state index contributed by atoms with van der Waals surface area (Å²) in [6, 6.07) is 13.5. The zero-order chi connectivity index (χ0) is 24.9. The van der Waals surface area contributed by atoms with E-state index in [1.54, 1.807) is 0 Å². The van der Waals surface area contributed by atoms with Crippen molar-refractivity contribution in [3.05, 3.63) is 54.1 Å². The molecular formula is C23H23N5O7. The number of terminal acetylenes is 1. The van der Waals surface area contributed by atoms with E-state index in [1.165, 1.54) is 23.0 Å². The number of ether oxygens (including phenoxy) is 2. The Bertz CT molecular complexity index is 1210. The minimum absolute atomic E-state index is 0.000279. The molecule has 1 amide bonds. The van der Waals surface area contributed by atoms with Gasteiger partial charge in [-0.1, -0.05) is 36.3 Å². The molecule has 1 aromatic heterocycles. The van der Waals surface area contributed by atoms with E-state index < -0.39 is 43.2 Å². The molecule has 2 aromatic carbocycles. The van der Waals surface area contributed by atoms with Crippen LogP contribution in [0.5, 0.6) is 5.75 Å². The summed E-state index contributed by atoms with van der Waals surface area (Å²) in [6.45, 7) is -0.619. The maximum absolute atomic E-state index is 12.4. The van der Waals surface area contributed by atoms with Crippen LogP contribution in [0.2, 0.25) is 0 Å². The Labute approximate surface area is 199 Å². The molecule has 0 aliphatic carbocycles. The Morgan fingerprint density at radius 1 is 1.14 bits per heavy atom. The molecule has 1 aliphatic heterocycles. The lowest BCUT2D eigenvalue weighted by atomic mass is 9.99. The largest absolute Gasteiger partial charge is 0.460 e. The van der Waals surface area contributed by atoms with E-state index in [0.717, 1.165) is 5.56 Å². The summed E-state index contributed by atoms with van der Waals surface area (Å²) < 4.78 is 11.3. The molecule has 12 heteroatoms. The number of aliphatic hydroxyl groups is 4. The summed E-state index contributed by atoms with van der Waals surface area (Å²) in [7, 11) is 0. The number of carbonyl (C=O) groups is 1.